The summed E-state index contributed by atoms with van der Waals surface area (Å²) in [5.74, 6) is 0.913. The highest BCUT2D eigenvalue weighted by molar-refractivity contribution is 14.0. The molecule has 1 aliphatic carbocycles. The minimum Gasteiger partial charge on any atom is -0.388 e. The van der Waals surface area contributed by atoms with Crippen LogP contribution in [0.2, 0.25) is 0 Å². The molecule has 1 rings (SSSR count). The number of nitrogens with one attached hydrogen (secondary N) is 1. The van der Waals surface area contributed by atoms with Gasteiger partial charge in [0.25, 0.3) is 0 Å². The topological polar surface area (TPSA) is 47.9 Å². The molecule has 5 heteroatoms. The van der Waals surface area contributed by atoms with Crippen LogP contribution in [0.5, 0.6) is 0 Å². The third kappa shape index (κ3) is 8.04. The van der Waals surface area contributed by atoms with E-state index in [1.807, 2.05) is 6.08 Å². The lowest BCUT2D eigenvalue weighted by molar-refractivity contribution is -0.0237. The molecule has 0 aromatic carbocycles. The van der Waals surface area contributed by atoms with E-state index in [2.05, 4.69) is 35.8 Å². The molecule has 4 nitrogen and oxygen atoms in total. The van der Waals surface area contributed by atoms with Crippen molar-refractivity contribution >= 4 is 29.9 Å². The number of rotatable bonds is 9. The third-order valence-corrected chi connectivity index (χ3v) is 3.91. The standard InChI is InChI=1S/C16H31N3O.HI/c1-4-6-7-8-9-13-19(3)15(17-5-2)18-14-16(20)11-10-12-16;/h4,20H,1,5-14H2,2-3H3,(H,17,18);1H. The molecule has 0 atom stereocenters. The first kappa shape index (κ1) is 20.7. The fourth-order valence-corrected chi connectivity index (χ4v) is 2.36. The van der Waals surface area contributed by atoms with Gasteiger partial charge in [0, 0.05) is 20.1 Å². The van der Waals surface area contributed by atoms with Crippen molar-refractivity contribution in [2.75, 3.05) is 26.7 Å². The molecule has 0 aromatic heterocycles. The summed E-state index contributed by atoms with van der Waals surface area (Å²) in [7, 11) is 2.07. The normalized spacial score (nSPS) is 16.6. The molecule has 124 valence electrons. The van der Waals surface area contributed by atoms with E-state index in [1.165, 1.54) is 19.3 Å². The van der Waals surface area contributed by atoms with Crippen LogP contribution in [0, 0.1) is 0 Å². The lowest BCUT2D eigenvalue weighted by Gasteiger charge is -2.35. The number of halogens is 1. The molecule has 0 saturated heterocycles. The molecule has 0 spiro atoms. The van der Waals surface area contributed by atoms with Gasteiger partial charge in [-0.2, -0.15) is 0 Å². The average Bonchev–Trinajstić information content (AvgIpc) is 2.41. The maximum Gasteiger partial charge on any atom is 0.193 e. The lowest BCUT2D eigenvalue weighted by Crippen LogP contribution is -2.44. The Labute approximate surface area is 147 Å². The zero-order valence-electron chi connectivity index (χ0n) is 13.6. The fraction of sp³-hybridized carbons (Fsp3) is 0.812. The maximum atomic E-state index is 10.1. The Morgan fingerprint density at radius 3 is 2.62 bits per heavy atom. The second kappa shape index (κ2) is 11.3. The minimum atomic E-state index is -0.536. The Hall–Kier alpha value is -0.300. The number of allylic oxidation sites excluding steroid dienone is 1. The van der Waals surface area contributed by atoms with Crippen LogP contribution in [-0.2, 0) is 0 Å². The van der Waals surface area contributed by atoms with Crippen molar-refractivity contribution in [3.05, 3.63) is 12.7 Å². The van der Waals surface area contributed by atoms with Crippen LogP contribution in [0.25, 0.3) is 0 Å². The van der Waals surface area contributed by atoms with E-state index in [4.69, 9.17) is 0 Å². The number of guanidine groups is 1. The minimum absolute atomic E-state index is 0. The smallest absolute Gasteiger partial charge is 0.193 e. The van der Waals surface area contributed by atoms with E-state index in [0.29, 0.717) is 6.54 Å². The molecule has 0 radical (unpaired) electrons. The van der Waals surface area contributed by atoms with Gasteiger partial charge in [-0.25, -0.2) is 0 Å². The summed E-state index contributed by atoms with van der Waals surface area (Å²) in [6.45, 7) is 8.20. The number of hydrogen-bond acceptors (Lipinski definition) is 2. The monoisotopic (exact) mass is 409 g/mol. The Bertz CT molecular complexity index is 317. The van der Waals surface area contributed by atoms with Crippen LogP contribution in [0.3, 0.4) is 0 Å². The summed E-state index contributed by atoms with van der Waals surface area (Å²) in [4.78, 5) is 6.75. The first-order chi connectivity index (χ1) is 9.61. The number of unbranched alkanes of at least 4 members (excludes halogenated alkanes) is 3. The van der Waals surface area contributed by atoms with Crippen LogP contribution in [-0.4, -0.2) is 48.2 Å². The van der Waals surface area contributed by atoms with Gasteiger partial charge in [0.2, 0.25) is 0 Å². The van der Waals surface area contributed by atoms with E-state index < -0.39 is 5.60 Å². The Kier molecular flexibility index (Phi) is 11.1. The summed E-state index contributed by atoms with van der Waals surface area (Å²) in [6.07, 6.45) is 9.59. The van der Waals surface area contributed by atoms with Gasteiger partial charge >= 0.3 is 0 Å². The zero-order chi connectivity index (χ0) is 14.8. The second-order valence-electron chi connectivity index (χ2n) is 5.81. The molecule has 1 saturated carbocycles. The zero-order valence-corrected chi connectivity index (χ0v) is 15.9. The number of hydrogen-bond donors (Lipinski definition) is 2. The maximum absolute atomic E-state index is 10.1. The van der Waals surface area contributed by atoms with Gasteiger partial charge in [0.1, 0.15) is 0 Å². The Morgan fingerprint density at radius 1 is 1.38 bits per heavy atom. The molecule has 1 aliphatic rings. The quantitative estimate of drug-likeness (QED) is 0.202. The number of nitrogens with zero attached hydrogens (tertiary/aromatic N) is 2. The molecular weight excluding hydrogens is 377 g/mol. The highest BCUT2D eigenvalue weighted by Crippen LogP contribution is 2.31. The van der Waals surface area contributed by atoms with Crippen LogP contribution in [0.1, 0.15) is 51.9 Å². The highest BCUT2D eigenvalue weighted by atomic mass is 127. The summed E-state index contributed by atoms with van der Waals surface area (Å²) in [6, 6.07) is 0. The van der Waals surface area contributed by atoms with Gasteiger partial charge in [-0.15, -0.1) is 30.6 Å². The molecule has 0 aromatic rings. The van der Waals surface area contributed by atoms with E-state index in [-0.39, 0.29) is 24.0 Å². The van der Waals surface area contributed by atoms with E-state index in [1.54, 1.807) is 0 Å². The highest BCUT2D eigenvalue weighted by Gasteiger charge is 2.34. The van der Waals surface area contributed by atoms with E-state index in [9.17, 15) is 5.11 Å². The van der Waals surface area contributed by atoms with Crippen molar-refractivity contribution < 1.29 is 5.11 Å². The van der Waals surface area contributed by atoms with Gasteiger partial charge in [-0.1, -0.05) is 12.5 Å². The Balaban J connectivity index is 0.00000400. The SMILES string of the molecule is C=CCCCCCN(C)C(=NCC1(O)CCC1)NCC.I. The van der Waals surface area contributed by atoms with Crippen molar-refractivity contribution in [3.63, 3.8) is 0 Å². The summed E-state index contributed by atoms with van der Waals surface area (Å²) in [5, 5.41) is 13.4. The largest absolute Gasteiger partial charge is 0.388 e. The first-order valence-corrected chi connectivity index (χ1v) is 7.94. The summed E-state index contributed by atoms with van der Waals surface area (Å²) < 4.78 is 0. The van der Waals surface area contributed by atoms with E-state index in [0.717, 1.165) is 44.7 Å². The molecular formula is C16H32IN3O. The van der Waals surface area contributed by atoms with Crippen molar-refractivity contribution in [2.45, 2.75) is 57.5 Å². The molecule has 0 bridgehead atoms. The van der Waals surface area contributed by atoms with Crippen LogP contribution in [0.4, 0.5) is 0 Å². The van der Waals surface area contributed by atoms with Gasteiger partial charge in [-0.3, -0.25) is 4.99 Å². The summed E-state index contributed by atoms with van der Waals surface area (Å²) in [5.41, 5.74) is -0.536. The molecule has 0 amide bonds. The lowest BCUT2D eigenvalue weighted by atomic mass is 9.80. The number of aliphatic hydroxyl groups is 1. The van der Waals surface area contributed by atoms with Crippen LogP contribution < -0.4 is 5.32 Å². The Morgan fingerprint density at radius 2 is 2.10 bits per heavy atom. The van der Waals surface area contributed by atoms with Gasteiger partial charge in [-0.05, 0) is 45.4 Å². The van der Waals surface area contributed by atoms with Crippen LogP contribution >= 0.6 is 24.0 Å². The van der Waals surface area contributed by atoms with Crippen molar-refractivity contribution in [3.8, 4) is 0 Å². The molecule has 0 heterocycles. The van der Waals surface area contributed by atoms with Gasteiger partial charge in [0.15, 0.2) is 5.96 Å². The van der Waals surface area contributed by atoms with Gasteiger partial charge < -0.3 is 15.3 Å². The van der Waals surface area contributed by atoms with Crippen LogP contribution in [0.15, 0.2) is 17.6 Å². The molecule has 0 unspecified atom stereocenters. The third-order valence-electron chi connectivity index (χ3n) is 3.91. The molecule has 0 aliphatic heterocycles. The van der Waals surface area contributed by atoms with Crippen molar-refractivity contribution in [2.24, 2.45) is 4.99 Å². The van der Waals surface area contributed by atoms with E-state index >= 15 is 0 Å². The second-order valence-corrected chi connectivity index (χ2v) is 5.81. The predicted octanol–water partition coefficient (Wildman–Crippen LogP) is 3.16. The van der Waals surface area contributed by atoms with Gasteiger partial charge in [0.05, 0.1) is 12.1 Å². The van der Waals surface area contributed by atoms with Crippen molar-refractivity contribution in [1.29, 1.82) is 0 Å². The average molecular weight is 409 g/mol. The summed E-state index contributed by atoms with van der Waals surface area (Å²) >= 11 is 0. The first-order valence-electron chi connectivity index (χ1n) is 7.94. The molecule has 2 N–H and O–H groups in total. The predicted molar refractivity (Wildman–Crippen MR) is 101 cm³/mol. The molecule has 21 heavy (non-hydrogen) atoms. The number of aliphatic imine (C=N–C) groups is 1. The van der Waals surface area contributed by atoms with Crippen molar-refractivity contribution in [1.82, 2.24) is 10.2 Å². The molecule has 1 fully saturated rings. The fourth-order valence-electron chi connectivity index (χ4n) is 2.36.